The van der Waals surface area contributed by atoms with Crippen LogP contribution in [0.2, 0.25) is 0 Å². The maximum absolute atomic E-state index is 14.8. The number of fused-ring (bicyclic) bond motifs is 3. The van der Waals surface area contributed by atoms with Gasteiger partial charge in [0.2, 0.25) is 5.79 Å². The fourth-order valence-corrected chi connectivity index (χ4v) is 10.2. The van der Waals surface area contributed by atoms with Crippen molar-refractivity contribution in [3.05, 3.63) is 133 Å². The molecule has 1 amide bonds. The van der Waals surface area contributed by atoms with E-state index in [1.807, 2.05) is 66.9 Å². The van der Waals surface area contributed by atoms with Crippen LogP contribution in [0.3, 0.4) is 0 Å². The molecule has 7 rings (SSSR count). The quantitative estimate of drug-likeness (QED) is 0.0365. The number of allylic oxidation sites excluding steroid dienone is 1. The Morgan fingerprint density at radius 1 is 0.952 bits per heavy atom. The number of unbranched alkanes of at least 4 members (excludes halogenated alkanes) is 2. The van der Waals surface area contributed by atoms with Crippen LogP contribution in [0, 0.1) is 17.8 Å². The Balaban J connectivity index is 1.44. The van der Waals surface area contributed by atoms with Crippen LogP contribution in [-0.2, 0) is 20.9 Å². The monoisotopic (exact) mass is 860 g/mol. The fourth-order valence-electron chi connectivity index (χ4n) is 9.83. The summed E-state index contributed by atoms with van der Waals surface area (Å²) in [6.45, 7) is 8.64. The van der Waals surface area contributed by atoms with Gasteiger partial charge in [0.1, 0.15) is 30.4 Å². The third-order valence-electron chi connectivity index (χ3n) is 12.5. The van der Waals surface area contributed by atoms with Gasteiger partial charge in [0.05, 0.1) is 31.4 Å². The minimum Gasteiger partial charge on any atom is -0.459 e. The minimum absolute atomic E-state index is 0.0630. The van der Waals surface area contributed by atoms with Gasteiger partial charge in [-0.15, -0.1) is 24.9 Å². The van der Waals surface area contributed by atoms with Gasteiger partial charge in [-0.2, -0.15) is 0 Å². The number of thioether (sulfide) groups is 1. The average molecular weight is 861 g/mol. The van der Waals surface area contributed by atoms with Crippen LogP contribution in [0.1, 0.15) is 68.4 Å². The van der Waals surface area contributed by atoms with Crippen LogP contribution in [0.15, 0.2) is 132 Å². The maximum atomic E-state index is 14.8. The molecule has 1 fully saturated rings. The van der Waals surface area contributed by atoms with Crippen molar-refractivity contribution in [1.82, 2.24) is 4.90 Å². The molecule has 6 atom stereocenters. The van der Waals surface area contributed by atoms with Gasteiger partial charge < -0.3 is 34.0 Å². The Hall–Kier alpha value is -5.07. The SMILES string of the molecule is C=CCCOC(=O)N(Cc1cccc2ccccc12)C1CC(=NOC)C2=CC(CCCCO)C(CCCCO)C3c4cc(Oc5ccc(SC)cc5)ccc4OC1(OCC=C)C23. The molecule has 10 nitrogen and oxygen atoms in total. The summed E-state index contributed by atoms with van der Waals surface area (Å²) in [6, 6.07) is 27.6. The molecule has 1 saturated carbocycles. The molecule has 4 aromatic carbocycles. The molecule has 328 valence electrons. The van der Waals surface area contributed by atoms with E-state index in [9.17, 15) is 15.0 Å². The van der Waals surface area contributed by atoms with Gasteiger partial charge >= 0.3 is 6.09 Å². The Morgan fingerprint density at radius 2 is 1.71 bits per heavy atom. The van der Waals surface area contributed by atoms with E-state index in [-0.39, 0.29) is 57.1 Å². The number of benzene rings is 4. The molecular weight excluding hydrogens is 801 g/mol. The summed E-state index contributed by atoms with van der Waals surface area (Å²) < 4.78 is 27.2. The van der Waals surface area contributed by atoms with Crippen molar-refractivity contribution in [2.24, 2.45) is 22.9 Å². The zero-order chi connectivity index (χ0) is 43.5. The van der Waals surface area contributed by atoms with Crippen molar-refractivity contribution in [3.63, 3.8) is 0 Å². The van der Waals surface area contributed by atoms with Crippen molar-refractivity contribution in [3.8, 4) is 17.2 Å². The third-order valence-corrected chi connectivity index (χ3v) is 13.3. The molecule has 0 saturated heterocycles. The number of nitrogens with zero attached hydrogens (tertiary/aromatic N) is 2. The summed E-state index contributed by atoms with van der Waals surface area (Å²) >= 11 is 1.68. The molecular formula is C51H60N2O8S. The molecule has 4 aromatic rings. The average Bonchev–Trinajstić information content (AvgIpc) is 3.29. The van der Waals surface area contributed by atoms with E-state index in [1.54, 1.807) is 35.9 Å². The second-order valence-corrected chi connectivity index (χ2v) is 17.1. The van der Waals surface area contributed by atoms with Crippen LogP contribution in [0.4, 0.5) is 4.79 Å². The van der Waals surface area contributed by atoms with E-state index in [1.165, 1.54) is 0 Å². The minimum atomic E-state index is -1.44. The molecule has 0 bridgehead atoms. The lowest BCUT2D eigenvalue weighted by Gasteiger charge is -2.59. The van der Waals surface area contributed by atoms with E-state index >= 15 is 0 Å². The smallest absolute Gasteiger partial charge is 0.410 e. The van der Waals surface area contributed by atoms with Gasteiger partial charge in [0, 0.05) is 36.0 Å². The number of amides is 1. The van der Waals surface area contributed by atoms with Gasteiger partial charge in [0.15, 0.2) is 0 Å². The van der Waals surface area contributed by atoms with E-state index < -0.39 is 23.8 Å². The highest BCUT2D eigenvalue weighted by Crippen LogP contribution is 2.62. The Bertz CT molecular complexity index is 2220. The second kappa shape index (κ2) is 21.3. The number of carbonyl (C=O) groups excluding carboxylic acids is 1. The molecule has 6 unspecified atom stereocenters. The van der Waals surface area contributed by atoms with Crippen molar-refractivity contribution >= 4 is 34.3 Å². The number of hydrogen-bond acceptors (Lipinski definition) is 10. The number of hydrogen-bond donors (Lipinski definition) is 2. The molecule has 0 spiro atoms. The lowest BCUT2D eigenvalue weighted by Crippen LogP contribution is -2.70. The molecule has 2 aliphatic carbocycles. The zero-order valence-electron chi connectivity index (χ0n) is 36.0. The van der Waals surface area contributed by atoms with Gasteiger partial charge in [-0.25, -0.2) is 4.79 Å². The van der Waals surface area contributed by atoms with Crippen LogP contribution in [-0.4, -0.2) is 78.5 Å². The van der Waals surface area contributed by atoms with E-state index in [4.69, 9.17) is 28.9 Å². The largest absolute Gasteiger partial charge is 0.459 e. The number of carbonyl (C=O) groups is 1. The molecule has 0 radical (unpaired) electrons. The number of oxime groups is 1. The summed E-state index contributed by atoms with van der Waals surface area (Å²) in [5.74, 6) is 0.0872. The van der Waals surface area contributed by atoms with E-state index in [0.717, 1.165) is 63.8 Å². The first-order chi connectivity index (χ1) is 30.4. The van der Waals surface area contributed by atoms with Crippen LogP contribution in [0.25, 0.3) is 10.8 Å². The summed E-state index contributed by atoms with van der Waals surface area (Å²) in [5.41, 5.74) is 3.59. The summed E-state index contributed by atoms with van der Waals surface area (Å²) in [5, 5.41) is 26.7. The van der Waals surface area contributed by atoms with Gasteiger partial charge in [-0.05, 0) is 115 Å². The first-order valence-electron chi connectivity index (χ1n) is 21.8. The standard InChI is InChI=1S/C51H60N2O8S/c1-5-7-30-58-50(56)53(34-37-18-14-17-35-15-8-9-19-41(35)37)47-33-45(52-57-3)43-31-36(16-10-12-27-54)42(20-11-13-28-55)48-44-32-39(60-38-21-24-40(62-4)25-22-38)23-26-46(44)61-51(47,49(43)48)59-29-6-2/h5-6,8-9,14-15,17-19,21-26,31-32,36,42,47-49,54-55H,1-2,7,10-13,16,20,27-30,33-34H2,3-4H3. The molecule has 0 aromatic heterocycles. The van der Waals surface area contributed by atoms with Crippen molar-refractivity contribution < 1.29 is 38.8 Å². The Labute approximate surface area is 370 Å². The zero-order valence-corrected chi connectivity index (χ0v) is 36.8. The number of ether oxygens (including phenoxy) is 4. The maximum Gasteiger partial charge on any atom is 0.410 e. The Kier molecular flexibility index (Phi) is 15.5. The molecule has 11 heteroatoms. The second-order valence-electron chi connectivity index (χ2n) is 16.2. The predicted molar refractivity (Wildman–Crippen MR) is 246 cm³/mol. The lowest BCUT2D eigenvalue weighted by molar-refractivity contribution is -0.256. The highest BCUT2D eigenvalue weighted by Gasteiger charge is 2.65. The third kappa shape index (κ3) is 9.61. The predicted octanol–water partition coefficient (Wildman–Crippen LogP) is 10.8. The lowest BCUT2D eigenvalue weighted by atomic mass is 9.55. The first-order valence-corrected chi connectivity index (χ1v) is 23.1. The van der Waals surface area contributed by atoms with Crippen molar-refractivity contribution in [2.75, 3.05) is 39.8 Å². The molecule has 2 N–H and O–H groups in total. The highest BCUT2D eigenvalue weighted by atomic mass is 32.2. The van der Waals surface area contributed by atoms with Crippen LogP contribution >= 0.6 is 11.8 Å². The molecule has 1 aliphatic heterocycles. The normalized spacial score (nSPS) is 23.1. The Morgan fingerprint density at radius 3 is 2.45 bits per heavy atom. The number of rotatable bonds is 21. The van der Waals surface area contributed by atoms with Crippen molar-refractivity contribution in [1.29, 1.82) is 0 Å². The molecule has 3 aliphatic rings. The van der Waals surface area contributed by atoms with Crippen molar-refractivity contribution in [2.45, 2.75) is 80.6 Å². The van der Waals surface area contributed by atoms with E-state index in [0.29, 0.717) is 36.5 Å². The summed E-state index contributed by atoms with van der Waals surface area (Å²) in [6.07, 6.45) is 12.7. The first kappa shape index (κ1) is 45.0. The summed E-state index contributed by atoms with van der Waals surface area (Å²) in [7, 11) is 1.55. The van der Waals surface area contributed by atoms with Crippen LogP contribution < -0.4 is 9.47 Å². The molecule has 1 heterocycles. The summed E-state index contributed by atoms with van der Waals surface area (Å²) in [4.78, 5) is 23.3. The highest BCUT2D eigenvalue weighted by molar-refractivity contribution is 7.98. The molecule has 62 heavy (non-hydrogen) atoms. The number of aliphatic hydroxyl groups is 2. The van der Waals surface area contributed by atoms with Gasteiger partial charge in [-0.3, -0.25) is 4.90 Å². The van der Waals surface area contributed by atoms with Gasteiger partial charge in [-0.1, -0.05) is 78.7 Å². The van der Waals surface area contributed by atoms with E-state index in [2.05, 4.69) is 43.5 Å². The number of aliphatic hydroxyl groups excluding tert-OH is 2. The topological polar surface area (TPSA) is 119 Å². The van der Waals surface area contributed by atoms with Crippen LogP contribution in [0.5, 0.6) is 17.2 Å². The van der Waals surface area contributed by atoms with Gasteiger partial charge in [0.25, 0.3) is 0 Å². The fraction of sp³-hybridized carbons (Fsp3) is 0.412.